The smallest absolute Gasteiger partial charge is 0.260 e. The van der Waals surface area contributed by atoms with Crippen LogP contribution < -0.4 is 14.8 Å². The summed E-state index contributed by atoms with van der Waals surface area (Å²) >= 11 is 0. The summed E-state index contributed by atoms with van der Waals surface area (Å²) in [6.07, 6.45) is 2.24. The van der Waals surface area contributed by atoms with E-state index >= 15 is 0 Å². The van der Waals surface area contributed by atoms with Crippen LogP contribution >= 0.6 is 12.4 Å². The van der Waals surface area contributed by atoms with Crippen molar-refractivity contribution in [3.8, 4) is 11.5 Å². The highest BCUT2D eigenvalue weighted by Crippen LogP contribution is 2.27. The molecule has 1 amide bonds. The molecule has 0 spiro atoms. The number of nitrogens with zero attached hydrogens (tertiary/aromatic N) is 1. The van der Waals surface area contributed by atoms with Crippen molar-refractivity contribution in [3.63, 3.8) is 0 Å². The summed E-state index contributed by atoms with van der Waals surface area (Å²) in [5.41, 5.74) is 1.10. The largest absolute Gasteiger partial charge is 0.493 e. The summed E-state index contributed by atoms with van der Waals surface area (Å²) in [7, 11) is 3.56. The summed E-state index contributed by atoms with van der Waals surface area (Å²) < 4.78 is 11.0. The number of likely N-dealkylation sites (tertiary alicyclic amines) is 1. The number of hydrogen-bond acceptors (Lipinski definition) is 4. The van der Waals surface area contributed by atoms with E-state index in [4.69, 9.17) is 9.47 Å². The van der Waals surface area contributed by atoms with Crippen LogP contribution in [0.5, 0.6) is 11.5 Å². The normalized spacial score (nSPS) is 17.3. The fourth-order valence-electron chi connectivity index (χ4n) is 2.87. The Hall–Kier alpha value is -1.46. The summed E-state index contributed by atoms with van der Waals surface area (Å²) in [6.45, 7) is 4.65. The van der Waals surface area contributed by atoms with Crippen molar-refractivity contribution >= 4 is 18.3 Å². The number of methoxy groups -OCH3 is 1. The molecule has 0 saturated carbocycles. The second kappa shape index (κ2) is 9.63. The zero-order valence-electron chi connectivity index (χ0n) is 14.1. The molecule has 1 N–H and O–H groups in total. The highest BCUT2D eigenvalue weighted by molar-refractivity contribution is 5.85. The van der Waals surface area contributed by atoms with E-state index in [1.807, 2.05) is 37.1 Å². The molecule has 6 heteroatoms. The van der Waals surface area contributed by atoms with Crippen molar-refractivity contribution in [2.24, 2.45) is 5.92 Å². The van der Waals surface area contributed by atoms with E-state index in [0.717, 1.165) is 31.6 Å². The molecule has 2 rings (SSSR count). The van der Waals surface area contributed by atoms with Crippen LogP contribution in [0.25, 0.3) is 0 Å². The zero-order valence-corrected chi connectivity index (χ0v) is 14.9. The van der Waals surface area contributed by atoms with E-state index in [-0.39, 0.29) is 24.9 Å². The van der Waals surface area contributed by atoms with Gasteiger partial charge in [-0.25, -0.2) is 0 Å². The monoisotopic (exact) mass is 342 g/mol. The van der Waals surface area contributed by atoms with Crippen LogP contribution in [0, 0.1) is 12.8 Å². The molecule has 1 aromatic carbocycles. The molecule has 1 aliphatic rings. The van der Waals surface area contributed by atoms with E-state index in [1.54, 1.807) is 7.11 Å². The van der Waals surface area contributed by atoms with Gasteiger partial charge < -0.3 is 19.7 Å². The van der Waals surface area contributed by atoms with Crippen molar-refractivity contribution in [2.75, 3.05) is 40.4 Å². The molecule has 130 valence electrons. The quantitative estimate of drug-likeness (QED) is 0.861. The number of amides is 1. The maximum atomic E-state index is 12.3. The molecule has 23 heavy (non-hydrogen) atoms. The molecule has 0 radical (unpaired) electrons. The van der Waals surface area contributed by atoms with Gasteiger partial charge in [0.25, 0.3) is 5.91 Å². The van der Waals surface area contributed by atoms with Gasteiger partial charge in [-0.1, -0.05) is 6.07 Å². The number of aryl methyl sites for hydroxylation is 1. The first-order valence-electron chi connectivity index (χ1n) is 7.84. The lowest BCUT2D eigenvalue weighted by Crippen LogP contribution is -2.44. The minimum absolute atomic E-state index is 0. The number of halogens is 1. The molecule has 0 aliphatic carbocycles. The average Bonchev–Trinajstić information content (AvgIpc) is 2.54. The Morgan fingerprint density at radius 1 is 1.39 bits per heavy atom. The van der Waals surface area contributed by atoms with Crippen LogP contribution in [-0.2, 0) is 4.79 Å². The van der Waals surface area contributed by atoms with Gasteiger partial charge in [0.05, 0.1) is 7.11 Å². The van der Waals surface area contributed by atoms with Gasteiger partial charge in [-0.2, -0.15) is 0 Å². The first-order chi connectivity index (χ1) is 10.6. The van der Waals surface area contributed by atoms with E-state index in [9.17, 15) is 4.79 Å². The molecule has 5 nitrogen and oxygen atoms in total. The third-order valence-corrected chi connectivity index (χ3v) is 4.03. The van der Waals surface area contributed by atoms with Crippen LogP contribution in [0.4, 0.5) is 0 Å². The Balaban J connectivity index is 0.00000264. The molecular formula is C17H27ClN2O3. The molecule has 1 aromatic rings. The number of rotatable bonds is 6. The number of hydrogen-bond donors (Lipinski definition) is 1. The molecule has 0 aromatic heterocycles. The highest BCUT2D eigenvalue weighted by Gasteiger charge is 2.23. The molecule has 1 aliphatic heterocycles. The first-order valence-corrected chi connectivity index (χ1v) is 7.84. The molecule has 1 heterocycles. The van der Waals surface area contributed by atoms with Crippen molar-refractivity contribution in [2.45, 2.75) is 19.8 Å². The molecule has 1 unspecified atom stereocenters. The van der Waals surface area contributed by atoms with Crippen molar-refractivity contribution in [3.05, 3.63) is 23.8 Å². The van der Waals surface area contributed by atoms with Crippen LogP contribution in [0.3, 0.4) is 0 Å². The highest BCUT2D eigenvalue weighted by atomic mass is 35.5. The van der Waals surface area contributed by atoms with Gasteiger partial charge in [-0.15, -0.1) is 12.4 Å². The molecular weight excluding hydrogens is 316 g/mol. The number of piperidine rings is 1. The van der Waals surface area contributed by atoms with E-state index in [1.165, 1.54) is 6.42 Å². The third kappa shape index (κ3) is 5.59. The molecule has 1 fully saturated rings. The average molecular weight is 343 g/mol. The van der Waals surface area contributed by atoms with Gasteiger partial charge in [-0.05, 0) is 57.0 Å². The third-order valence-electron chi connectivity index (χ3n) is 4.03. The number of nitrogens with one attached hydrogen (secondary N) is 1. The van der Waals surface area contributed by atoms with Crippen molar-refractivity contribution in [1.82, 2.24) is 10.2 Å². The minimum atomic E-state index is 0. The van der Waals surface area contributed by atoms with Gasteiger partial charge in [-0.3, -0.25) is 4.79 Å². The predicted octanol–water partition coefficient (Wildman–Crippen LogP) is 2.26. The van der Waals surface area contributed by atoms with Crippen LogP contribution in [-0.4, -0.2) is 51.2 Å². The van der Waals surface area contributed by atoms with E-state index in [0.29, 0.717) is 17.4 Å². The fraction of sp³-hybridized carbons (Fsp3) is 0.588. The first kappa shape index (κ1) is 19.6. The number of ether oxygens (including phenoxy) is 2. The van der Waals surface area contributed by atoms with E-state index in [2.05, 4.69) is 5.32 Å². The summed E-state index contributed by atoms with van der Waals surface area (Å²) in [4.78, 5) is 14.2. The lowest BCUT2D eigenvalue weighted by atomic mass is 9.98. The number of carbonyl (C=O) groups is 1. The molecule has 0 bridgehead atoms. The maximum Gasteiger partial charge on any atom is 0.260 e. The zero-order chi connectivity index (χ0) is 15.9. The Labute approximate surface area is 144 Å². The fourth-order valence-corrected chi connectivity index (χ4v) is 2.87. The predicted molar refractivity (Wildman–Crippen MR) is 93.7 cm³/mol. The van der Waals surface area contributed by atoms with Gasteiger partial charge in [0, 0.05) is 13.1 Å². The summed E-state index contributed by atoms with van der Waals surface area (Å²) in [6, 6.07) is 5.71. The number of benzene rings is 1. The van der Waals surface area contributed by atoms with Gasteiger partial charge in [0.15, 0.2) is 18.1 Å². The van der Waals surface area contributed by atoms with Gasteiger partial charge >= 0.3 is 0 Å². The molecule has 1 saturated heterocycles. The Kier molecular flexibility index (Phi) is 8.20. The SMILES string of the molecule is CNCC1CCCN(C(=O)COc2ccc(C)cc2OC)C1.Cl. The Morgan fingerprint density at radius 3 is 2.87 bits per heavy atom. The topological polar surface area (TPSA) is 50.8 Å². The van der Waals surface area contributed by atoms with Crippen molar-refractivity contribution in [1.29, 1.82) is 0 Å². The van der Waals surface area contributed by atoms with Crippen molar-refractivity contribution < 1.29 is 14.3 Å². The van der Waals surface area contributed by atoms with Crippen LogP contribution in [0.1, 0.15) is 18.4 Å². The molecule has 1 atom stereocenters. The van der Waals surface area contributed by atoms with Crippen LogP contribution in [0.15, 0.2) is 18.2 Å². The summed E-state index contributed by atoms with van der Waals surface area (Å²) in [5, 5.41) is 3.19. The summed E-state index contributed by atoms with van der Waals surface area (Å²) in [5.74, 6) is 1.87. The second-order valence-corrected chi connectivity index (χ2v) is 5.85. The Bertz CT molecular complexity index is 509. The lowest BCUT2D eigenvalue weighted by molar-refractivity contribution is -0.135. The van der Waals surface area contributed by atoms with E-state index < -0.39 is 0 Å². The second-order valence-electron chi connectivity index (χ2n) is 5.85. The maximum absolute atomic E-state index is 12.3. The van der Waals surface area contributed by atoms with Gasteiger partial charge in [0.2, 0.25) is 0 Å². The minimum Gasteiger partial charge on any atom is -0.493 e. The Morgan fingerprint density at radius 2 is 2.17 bits per heavy atom. The number of carbonyl (C=O) groups excluding carboxylic acids is 1. The standard InChI is InChI=1S/C17H26N2O3.ClH/c1-13-6-7-15(16(9-13)21-3)22-12-17(20)19-8-4-5-14(11-19)10-18-2;/h6-7,9,14,18H,4-5,8,10-12H2,1-3H3;1H. The van der Waals surface area contributed by atoms with Crippen LogP contribution in [0.2, 0.25) is 0 Å². The lowest BCUT2D eigenvalue weighted by Gasteiger charge is -2.32. The van der Waals surface area contributed by atoms with Gasteiger partial charge in [0.1, 0.15) is 0 Å².